The van der Waals surface area contributed by atoms with E-state index in [2.05, 4.69) is 4.74 Å². The Balaban J connectivity index is 2.08. The molecular weight excluding hydrogens is 228 g/mol. The van der Waals surface area contributed by atoms with E-state index in [1.54, 1.807) is 6.07 Å². The van der Waals surface area contributed by atoms with Crippen molar-refractivity contribution >= 4 is 17.7 Å². The average Bonchev–Trinajstić information content (AvgIpc) is 2.97. The smallest absolute Gasteiger partial charge is 0.373 e. The topological polar surface area (TPSA) is 59.7 Å². The maximum atomic E-state index is 11.2. The highest BCUT2D eigenvalue weighted by atomic mass is 32.2. The van der Waals surface area contributed by atoms with E-state index in [0.29, 0.717) is 5.76 Å². The van der Waals surface area contributed by atoms with Crippen molar-refractivity contribution in [2.24, 2.45) is 5.92 Å². The van der Waals surface area contributed by atoms with Gasteiger partial charge in [0.05, 0.1) is 7.11 Å². The summed E-state index contributed by atoms with van der Waals surface area (Å²) in [6.07, 6.45) is 0.369. The summed E-state index contributed by atoms with van der Waals surface area (Å²) in [5.74, 6) is 2.32. The summed E-state index contributed by atoms with van der Waals surface area (Å²) in [5.41, 5.74) is 0. The van der Waals surface area contributed by atoms with E-state index in [4.69, 9.17) is 4.42 Å². The van der Waals surface area contributed by atoms with Crippen LogP contribution in [0.5, 0.6) is 0 Å². The van der Waals surface area contributed by atoms with Crippen molar-refractivity contribution in [1.82, 2.24) is 0 Å². The van der Waals surface area contributed by atoms with Crippen LogP contribution in [-0.2, 0) is 4.74 Å². The number of furan rings is 1. The van der Waals surface area contributed by atoms with Gasteiger partial charge in [0.15, 0.2) is 0 Å². The lowest BCUT2D eigenvalue weighted by Crippen LogP contribution is -2.11. The van der Waals surface area contributed by atoms with E-state index < -0.39 is 12.1 Å². The van der Waals surface area contributed by atoms with Crippen LogP contribution in [0, 0.1) is 5.92 Å². The molecule has 0 amide bonds. The molecule has 1 fully saturated rings. The molecule has 1 aromatic heterocycles. The largest absolute Gasteiger partial charge is 0.463 e. The maximum absolute atomic E-state index is 11.2. The van der Waals surface area contributed by atoms with E-state index >= 15 is 0 Å². The standard InChI is InChI=1S/C11H14O4S/c1-14-11(13)9-3-2-8(15-9)10(12)7-4-5-16-6-7/h2-3,7,10,12H,4-6H2,1H3. The third-order valence-corrected chi connectivity index (χ3v) is 3.90. The van der Waals surface area contributed by atoms with Crippen LogP contribution in [0.3, 0.4) is 0 Å². The number of carbonyl (C=O) groups excluding carboxylic acids is 1. The molecule has 4 nitrogen and oxygen atoms in total. The molecule has 0 aromatic carbocycles. The zero-order valence-corrected chi connectivity index (χ0v) is 9.83. The number of ether oxygens (including phenoxy) is 1. The molecule has 88 valence electrons. The molecule has 5 heteroatoms. The number of hydrogen-bond acceptors (Lipinski definition) is 5. The molecule has 2 unspecified atom stereocenters. The van der Waals surface area contributed by atoms with Crippen molar-refractivity contribution in [2.45, 2.75) is 12.5 Å². The van der Waals surface area contributed by atoms with Crippen LogP contribution in [-0.4, -0.2) is 29.7 Å². The number of rotatable bonds is 3. The molecule has 0 saturated carbocycles. The van der Waals surface area contributed by atoms with Gasteiger partial charge in [0.2, 0.25) is 5.76 Å². The Hall–Kier alpha value is -0.940. The molecule has 1 N–H and O–H groups in total. The number of hydrogen-bond donors (Lipinski definition) is 1. The number of carbonyl (C=O) groups is 1. The minimum Gasteiger partial charge on any atom is -0.463 e. The monoisotopic (exact) mass is 242 g/mol. The van der Waals surface area contributed by atoms with Gasteiger partial charge in [0, 0.05) is 5.92 Å². The van der Waals surface area contributed by atoms with Gasteiger partial charge in [0.1, 0.15) is 11.9 Å². The first-order valence-electron chi connectivity index (χ1n) is 5.16. The van der Waals surface area contributed by atoms with Crippen LogP contribution in [0.25, 0.3) is 0 Å². The van der Waals surface area contributed by atoms with E-state index in [-0.39, 0.29) is 11.7 Å². The Morgan fingerprint density at radius 1 is 1.69 bits per heavy atom. The van der Waals surface area contributed by atoms with Gasteiger partial charge >= 0.3 is 5.97 Å². The molecule has 1 aromatic rings. The van der Waals surface area contributed by atoms with Crippen LogP contribution >= 0.6 is 11.8 Å². The second kappa shape index (κ2) is 4.93. The Morgan fingerprint density at radius 2 is 2.50 bits per heavy atom. The third-order valence-electron chi connectivity index (χ3n) is 2.72. The summed E-state index contributed by atoms with van der Waals surface area (Å²) in [6.45, 7) is 0. The van der Waals surface area contributed by atoms with Gasteiger partial charge in [-0.25, -0.2) is 4.79 Å². The number of thioether (sulfide) groups is 1. The maximum Gasteiger partial charge on any atom is 0.373 e. The summed E-state index contributed by atoms with van der Waals surface area (Å²) in [4.78, 5) is 11.2. The lowest BCUT2D eigenvalue weighted by atomic mass is 10.0. The van der Waals surface area contributed by atoms with Crippen molar-refractivity contribution in [3.8, 4) is 0 Å². The SMILES string of the molecule is COC(=O)c1ccc(C(O)C2CCSC2)o1. The van der Waals surface area contributed by atoms with Crippen molar-refractivity contribution < 1.29 is 19.1 Å². The zero-order chi connectivity index (χ0) is 11.5. The first-order chi connectivity index (χ1) is 7.72. The average molecular weight is 242 g/mol. The van der Waals surface area contributed by atoms with Crippen molar-refractivity contribution in [3.63, 3.8) is 0 Å². The minimum atomic E-state index is -0.617. The molecular formula is C11H14O4S. The van der Waals surface area contributed by atoms with Crippen LogP contribution in [0.1, 0.15) is 28.8 Å². The minimum absolute atomic E-state index is 0.141. The molecule has 2 rings (SSSR count). The summed E-state index contributed by atoms with van der Waals surface area (Å²) in [7, 11) is 1.30. The van der Waals surface area contributed by atoms with Crippen LogP contribution < -0.4 is 0 Å². The normalized spacial score (nSPS) is 22.0. The van der Waals surface area contributed by atoms with Crippen molar-refractivity contribution in [2.75, 3.05) is 18.6 Å². The Morgan fingerprint density at radius 3 is 3.12 bits per heavy atom. The molecule has 2 atom stereocenters. The van der Waals surface area contributed by atoms with E-state index in [1.807, 2.05) is 11.8 Å². The Labute approximate surface area is 98.0 Å². The lowest BCUT2D eigenvalue weighted by Gasteiger charge is -2.13. The van der Waals surface area contributed by atoms with Gasteiger partial charge in [-0.1, -0.05) is 0 Å². The molecule has 0 spiro atoms. The van der Waals surface area contributed by atoms with Crippen LogP contribution in [0.4, 0.5) is 0 Å². The van der Waals surface area contributed by atoms with E-state index in [9.17, 15) is 9.90 Å². The first-order valence-corrected chi connectivity index (χ1v) is 6.31. The first kappa shape index (κ1) is 11.5. The van der Waals surface area contributed by atoms with Gasteiger partial charge in [-0.3, -0.25) is 0 Å². The fourth-order valence-electron chi connectivity index (χ4n) is 1.76. The van der Waals surface area contributed by atoms with Gasteiger partial charge < -0.3 is 14.3 Å². The van der Waals surface area contributed by atoms with Crippen LogP contribution in [0.2, 0.25) is 0 Å². The number of aliphatic hydroxyl groups is 1. The predicted octanol–water partition coefficient (Wildman–Crippen LogP) is 1.85. The summed E-state index contributed by atoms with van der Waals surface area (Å²) >= 11 is 1.83. The molecule has 16 heavy (non-hydrogen) atoms. The number of esters is 1. The molecule has 0 aliphatic carbocycles. The number of methoxy groups -OCH3 is 1. The van der Waals surface area contributed by atoms with Gasteiger partial charge in [-0.05, 0) is 30.1 Å². The second-order valence-electron chi connectivity index (χ2n) is 3.76. The molecule has 0 radical (unpaired) electrons. The van der Waals surface area contributed by atoms with Crippen molar-refractivity contribution in [3.05, 3.63) is 23.7 Å². The Kier molecular flexibility index (Phi) is 3.56. The molecule has 1 aliphatic heterocycles. The summed E-state index contributed by atoms with van der Waals surface area (Å²) in [6, 6.07) is 3.17. The Bertz CT molecular complexity index is 368. The molecule has 1 aliphatic rings. The molecule has 0 bridgehead atoms. The highest BCUT2D eigenvalue weighted by Gasteiger charge is 2.27. The van der Waals surface area contributed by atoms with Gasteiger partial charge in [-0.2, -0.15) is 11.8 Å². The van der Waals surface area contributed by atoms with Gasteiger partial charge in [0.25, 0.3) is 0 Å². The molecule has 2 heterocycles. The highest BCUT2D eigenvalue weighted by molar-refractivity contribution is 7.99. The predicted molar refractivity (Wildman–Crippen MR) is 60.4 cm³/mol. The fraction of sp³-hybridized carbons (Fsp3) is 0.545. The van der Waals surface area contributed by atoms with E-state index in [0.717, 1.165) is 17.9 Å². The third kappa shape index (κ3) is 2.25. The fourth-order valence-corrected chi connectivity index (χ4v) is 3.04. The molecule has 1 saturated heterocycles. The second-order valence-corrected chi connectivity index (χ2v) is 4.91. The summed E-state index contributed by atoms with van der Waals surface area (Å²) in [5, 5.41) is 10.0. The highest BCUT2D eigenvalue weighted by Crippen LogP contribution is 2.34. The van der Waals surface area contributed by atoms with Gasteiger partial charge in [-0.15, -0.1) is 0 Å². The quantitative estimate of drug-likeness (QED) is 0.820. The van der Waals surface area contributed by atoms with Crippen LogP contribution in [0.15, 0.2) is 16.5 Å². The van der Waals surface area contributed by atoms with E-state index in [1.165, 1.54) is 13.2 Å². The number of aliphatic hydroxyl groups excluding tert-OH is 1. The lowest BCUT2D eigenvalue weighted by molar-refractivity contribution is 0.0543. The zero-order valence-electron chi connectivity index (χ0n) is 9.01. The van der Waals surface area contributed by atoms with Crippen molar-refractivity contribution in [1.29, 1.82) is 0 Å². The summed E-state index contributed by atoms with van der Waals surface area (Å²) < 4.78 is 9.81.